The van der Waals surface area contributed by atoms with Gasteiger partial charge in [-0.1, -0.05) is 36.7 Å². The van der Waals surface area contributed by atoms with Crippen LogP contribution < -0.4 is 0 Å². The highest BCUT2D eigenvalue weighted by atomic mass is 35.5. The number of halogens is 1. The van der Waals surface area contributed by atoms with Crippen LogP contribution in [0.15, 0.2) is 48.8 Å². The first kappa shape index (κ1) is 20.9. The number of esters is 1. The summed E-state index contributed by atoms with van der Waals surface area (Å²) in [4.78, 5) is 30.3. The van der Waals surface area contributed by atoms with Crippen molar-refractivity contribution >= 4 is 23.5 Å². The lowest BCUT2D eigenvalue weighted by atomic mass is 10.1. The average Bonchev–Trinajstić information content (AvgIpc) is 2.69. The smallest absolute Gasteiger partial charge is 0.310 e. The van der Waals surface area contributed by atoms with Gasteiger partial charge in [-0.15, -0.1) is 0 Å². The number of hydrogen-bond acceptors (Lipinski definition) is 4. The largest absolute Gasteiger partial charge is 0.469 e. The molecule has 1 atom stereocenters. The van der Waals surface area contributed by atoms with Crippen LogP contribution >= 0.6 is 11.6 Å². The molecule has 6 heteroatoms. The Morgan fingerprint density at radius 3 is 2.56 bits per heavy atom. The average molecular weight is 389 g/mol. The molecule has 27 heavy (non-hydrogen) atoms. The van der Waals surface area contributed by atoms with Gasteiger partial charge < -0.3 is 9.64 Å². The van der Waals surface area contributed by atoms with E-state index in [1.807, 2.05) is 36.4 Å². The molecule has 1 amide bonds. The van der Waals surface area contributed by atoms with Gasteiger partial charge in [-0.05, 0) is 42.2 Å². The number of carbonyl (C=O) groups is 2. The van der Waals surface area contributed by atoms with Crippen LogP contribution in [0.3, 0.4) is 0 Å². The third-order valence-electron chi connectivity index (χ3n) is 4.32. The molecule has 0 spiro atoms. The molecule has 0 saturated carbocycles. The van der Waals surface area contributed by atoms with Crippen molar-refractivity contribution in [3.63, 3.8) is 0 Å². The number of ether oxygens (including phenoxy) is 1. The Morgan fingerprint density at radius 2 is 1.93 bits per heavy atom. The van der Waals surface area contributed by atoms with Crippen molar-refractivity contribution in [3.8, 4) is 0 Å². The number of amides is 1. The topological polar surface area (TPSA) is 59.5 Å². The normalized spacial score (nSPS) is 11.7. The van der Waals surface area contributed by atoms with Crippen LogP contribution in [-0.2, 0) is 27.3 Å². The van der Waals surface area contributed by atoms with E-state index in [9.17, 15) is 9.59 Å². The number of benzene rings is 1. The predicted octanol–water partition coefficient (Wildman–Crippen LogP) is 3.90. The summed E-state index contributed by atoms with van der Waals surface area (Å²) in [6.07, 6.45) is 5.37. The lowest BCUT2D eigenvalue weighted by molar-refractivity contribution is -0.146. The van der Waals surface area contributed by atoms with Crippen molar-refractivity contribution in [2.45, 2.75) is 32.7 Å². The van der Waals surface area contributed by atoms with Gasteiger partial charge in [0.15, 0.2) is 0 Å². The number of pyridine rings is 1. The summed E-state index contributed by atoms with van der Waals surface area (Å²) in [5.74, 6) is -0.685. The molecule has 0 saturated heterocycles. The minimum atomic E-state index is -0.383. The molecule has 2 aromatic rings. The number of methoxy groups -OCH3 is 1. The fraction of sp³-hybridized carbons (Fsp3) is 0.381. The summed E-state index contributed by atoms with van der Waals surface area (Å²) in [6.45, 7) is 2.51. The molecule has 1 heterocycles. The highest BCUT2D eigenvalue weighted by molar-refractivity contribution is 6.30. The summed E-state index contributed by atoms with van der Waals surface area (Å²) in [7, 11) is 1.36. The van der Waals surface area contributed by atoms with Gasteiger partial charge >= 0.3 is 5.97 Å². The van der Waals surface area contributed by atoms with E-state index in [0.717, 1.165) is 24.0 Å². The van der Waals surface area contributed by atoms with Crippen molar-refractivity contribution in [1.82, 2.24) is 9.88 Å². The van der Waals surface area contributed by atoms with Crippen molar-refractivity contribution < 1.29 is 14.3 Å². The molecule has 1 aromatic carbocycles. The second-order valence-corrected chi connectivity index (χ2v) is 6.98. The molecule has 144 valence electrons. The van der Waals surface area contributed by atoms with E-state index < -0.39 is 0 Å². The highest BCUT2D eigenvalue weighted by Gasteiger charge is 2.21. The fourth-order valence-electron chi connectivity index (χ4n) is 2.83. The zero-order valence-corrected chi connectivity index (χ0v) is 16.5. The molecule has 0 aliphatic carbocycles. The maximum absolute atomic E-state index is 12.8. The van der Waals surface area contributed by atoms with Crippen LogP contribution in [0.2, 0.25) is 5.02 Å². The van der Waals surface area contributed by atoms with E-state index in [1.165, 1.54) is 7.11 Å². The minimum Gasteiger partial charge on any atom is -0.469 e. The zero-order valence-electron chi connectivity index (χ0n) is 15.7. The lowest BCUT2D eigenvalue weighted by Crippen LogP contribution is -2.36. The van der Waals surface area contributed by atoms with Crippen molar-refractivity contribution in [3.05, 3.63) is 64.9 Å². The predicted molar refractivity (Wildman–Crippen MR) is 105 cm³/mol. The van der Waals surface area contributed by atoms with Crippen molar-refractivity contribution in [2.75, 3.05) is 13.7 Å². The molecular formula is C21H25ClN2O3. The fourth-order valence-corrected chi connectivity index (χ4v) is 2.95. The Balaban J connectivity index is 1.96. The number of hydrogen-bond donors (Lipinski definition) is 0. The molecular weight excluding hydrogens is 364 g/mol. The van der Waals surface area contributed by atoms with Crippen LogP contribution in [0, 0.1) is 5.92 Å². The second kappa shape index (κ2) is 10.7. The monoisotopic (exact) mass is 388 g/mol. The quantitative estimate of drug-likeness (QED) is 0.611. The molecule has 1 aromatic heterocycles. The molecule has 0 radical (unpaired) electrons. The molecule has 5 nitrogen and oxygen atoms in total. The van der Waals surface area contributed by atoms with E-state index in [2.05, 4.69) is 4.98 Å². The van der Waals surface area contributed by atoms with Gasteiger partial charge in [0.2, 0.25) is 5.91 Å². The first-order valence-electron chi connectivity index (χ1n) is 8.98. The maximum Gasteiger partial charge on any atom is 0.310 e. The van der Waals surface area contributed by atoms with Crippen LogP contribution in [0.5, 0.6) is 0 Å². The molecule has 0 aliphatic heterocycles. The van der Waals surface area contributed by atoms with E-state index >= 15 is 0 Å². The van der Waals surface area contributed by atoms with E-state index in [-0.39, 0.29) is 17.8 Å². The van der Waals surface area contributed by atoms with Gasteiger partial charge in [-0.25, -0.2) is 0 Å². The maximum atomic E-state index is 12.8. The van der Waals surface area contributed by atoms with E-state index in [1.54, 1.807) is 24.2 Å². The van der Waals surface area contributed by atoms with Gasteiger partial charge in [0.1, 0.15) is 0 Å². The molecule has 0 N–H and O–H groups in total. The molecule has 1 unspecified atom stereocenters. The number of nitrogens with zero attached hydrogens (tertiary/aromatic N) is 2. The number of rotatable bonds is 9. The van der Waals surface area contributed by atoms with Crippen LogP contribution in [-0.4, -0.2) is 35.4 Å². The number of aryl methyl sites for hydroxylation is 1. The first-order valence-corrected chi connectivity index (χ1v) is 9.36. The standard InChI is InChI=1S/C21H25ClN2O3/c1-16(21(26)27-2)14-24(15-18-6-4-12-23-13-18)20(25)7-3-5-17-8-10-19(22)11-9-17/h4,6,8-13,16H,3,5,7,14-15H2,1-2H3. The summed E-state index contributed by atoms with van der Waals surface area (Å²) in [5, 5.41) is 0.703. The summed E-state index contributed by atoms with van der Waals surface area (Å²) in [5.41, 5.74) is 2.08. The van der Waals surface area contributed by atoms with Gasteiger partial charge in [0.25, 0.3) is 0 Å². The van der Waals surface area contributed by atoms with Crippen molar-refractivity contribution in [2.24, 2.45) is 5.92 Å². The summed E-state index contributed by atoms with van der Waals surface area (Å²) < 4.78 is 4.79. The zero-order chi connectivity index (χ0) is 19.6. The number of carbonyl (C=O) groups excluding carboxylic acids is 2. The Bertz CT molecular complexity index is 735. The molecule has 0 aliphatic rings. The highest BCUT2D eigenvalue weighted by Crippen LogP contribution is 2.14. The first-order chi connectivity index (χ1) is 13.0. The van der Waals surface area contributed by atoms with Gasteiger partial charge in [-0.3, -0.25) is 14.6 Å². The van der Waals surface area contributed by atoms with E-state index in [0.29, 0.717) is 24.5 Å². The third kappa shape index (κ3) is 7.02. The SMILES string of the molecule is COC(=O)C(C)CN(Cc1cccnc1)C(=O)CCCc1ccc(Cl)cc1. The summed E-state index contributed by atoms with van der Waals surface area (Å²) in [6, 6.07) is 11.4. The second-order valence-electron chi connectivity index (χ2n) is 6.54. The Kier molecular flexibility index (Phi) is 8.27. The Morgan fingerprint density at radius 1 is 1.19 bits per heavy atom. The number of aromatic nitrogens is 1. The van der Waals surface area contributed by atoms with Crippen LogP contribution in [0.4, 0.5) is 0 Å². The minimum absolute atomic E-state index is 0.0172. The van der Waals surface area contributed by atoms with Gasteiger partial charge in [-0.2, -0.15) is 0 Å². The third-order valence-corrected chi connectivity index (χ3v) is 4.57. The Hall–Kier alpha value is -2.40. The Labute approximate surface area is 165 Å². The van der Waals surface area contributed by atoms with Crippen LogP contribution in [0.25, 0.3) is 0 Å². The molecule has 0 bridgehead atoms. The summed E-state index contributed by atoms with van der Waals surface area (Å²) >= 11 is 5.90. The van der Waals surface area contributed by atoms with Gasteiger partial charge in [0.05, 0.1) is 13.0 Å². The van der Waals surface area contributed by atoms with Crippen LogP contribution in [0.1, 0.15) is 30.9 Å². The molecule has 0 fully saturated rings. The van der Waals surface area contributed by atoms with Crippen molar-refractivity contribution in [1.29, 1.82) is 0 Å². The lowest BCUT2D eigenvalue weighted by Gasteiger charge is -2.25. The molecule has 2 rings (SSSR count). The van der Waals surface area contributed by atoms with E-state index in [4.69, 9.17) is 16.3 Å². The van der Waals surface area contributed by atoms with Gasteiger partial charge in [0, 0.05) is 36.9 Å².